The van der Waals surface area contributed by atoms with Gasteiger partial charge in [0.1, 0.15) is 30.2 Å². The molecule has 0 aromatic rings. The van der Waals surface area contributed by atoms with E-state index in [-0.39, 0.29) is 11.3 Å². The van der Waals surface area contributed by atoms with Gasteiger partial charge < -0.3 is 15.0 Å². The highest BCUT2D eigenvalue weighted by molar-refractivity contribution is 8.00. The van der Waals surface area contributed by atoms with E-state index >= 15 is 0 Å². The number of fused-ring (bicyclic) bond motifs is 1. The number of rotatable bonds is 4. The number of nitrogens with two attached hydrogens (primary N) is 1. The number of carbonyl (C=O) groups excluding carboxylic acids is 2. The first-order valence-electron chi connectivity index (χ1n) is 7.64. The van der Waals surface area contributed by atoms with Gasteiger partial charge in [-0.1, -0.05) is 6.08 Å². The molecule has 3 aliphatic rings. The Bertz CT molecular complexity index is 587. The SMILES string of the molecule is C[N+]1(CC=CC2=C(C(=O)Cl)N3C(=O)[C@@H](N)[C@H]3SC2)CCOCC1. The highest BCUT2D eigenvalue weighted by Crippen LogP contribution is 2.40. The van der Waals surface area contributed by atoms with Crippen LogP contribution in [0, 0.1) is 0 Å². The van der Waals surface area contributed by atoms with Gasteiger partial charge in [-0.15, -0.1) is 11.8 Å². The van der Waals surface area contributed by atoms with Crippen LogP contribution < -0.4 is 5.73 Å². The summed E-state index contributed by atoms with van der Waals surface area (Å²) in [5.41, 5.74) is 6.87. The predicted octanol–water partition coefficient (Wildman–Crippen LogP) is 0.281. The first-order chi connectivity index (χ1) is 10.9. The third-order valence-corrected chi connectivity index (χ3v) is 6.14. The molecule has 2 N–H and O–H groups in total. The molecule has 0 aromatic heterocycles. The smallest absolute Gasteiger partial charge is 0.269 e. The van der Waals surface area contributed by atoms with Crippen LogP contribution in [0.25, 0.3) is 0 Å². The Hall–Kier alpha value is -0.860. The molecule has 3 rings (SSSR count). The van der Waals surface area contributed by atoms with Gasteiger partial charge in [-0.2, -0.15) is 0 Å². The van der Waals surface area contributed by atoms with Crippen LogP contribution >= 0.6 is 23.4 Å². The van der Waals surface area contributed by atoms with E-state index in [9.17, 15) is 9.59 Å². The number of thioether (sulfide) groups is 1. The molecule has 3 aliphatic heterocycles. The summed E-state index contributed by atoms with van der Waals surface area (Å²) in [7, 11) is 2.19. The van der Waals surface area contributed by atoms with Gasteiger partial charge in [0.05, 0.1) is 26.8 Å². The molecule has 1 amide bonds. The Kier molecular flexibility index (Phi) is 4.85. The highest BCUT2D eigenvalue weighted by Gasteiger charge is 2.51. The van der Waals surface area contributed by atoms with Crippen molar-refractivity contribution in [3.63, 3.8) is 0 Å². The average Bonchev–Trinajstić information content (AvgIpc) is 2.53. The molecule has 0 saturated carbocycles. The summed E-state index contributed by atoms with van der Waals surface area (Å²) in [4.78, 5) is 25.2. The molecule has 0 radical (unpaired) electrons. The molecule has 126 valence electrons. The zero-order chi connectivity index (χ0) is 16.6. The molecule has 0 spiro atoms. The number of allylic oxidation sites excluding steroid dienone is 2. The zero-order valence-corrected chi connectivity index (χ0v) is 14.6. The van der Waals surface area contributed by atoms with Gasteiger partial charge >= 0.3 is 0 Å². The van der Waals surface area contributed by atoms with Crippen LogP contribution in [0.15, 0.2) is 23.4 Å². The lowest BCUT2D eigenvalue weighted by molar-refractivity contribution is -0.911. The van der Waals surface area contributed by atoms with Crippen molar-refractivity contribution in [1.29, 1.82) is 0 Å². The summed E-state index contributed by atoms with van der Waals surface area (Å²) in [6, 6.07) is -0.533. The van der Waals surface area contributed by atoms with Crippen LogP contribution in [0.2, 0.25) is 0 Å². The molecular formula is C15H21ClN3O3S+. The van der Waals surface area contributed by atoms with Crippen molar-refractivity contribution in [3.8, 4) is 0 Å². The summed E-state index contributed by atoms with van der Waals surface area (Å²) >= 11 is 7.29. The quantitative estimate of drug-likeness (QED) is 0.444. The number of carbonyl (C=O) groups is 2. The van der Waals surface area contributed by atoms with Crippen molar-refractivity contribution in [2.45, 2.75) is 11.4 Å². The van der Waals surface area contributed by atoms with E-state index in [1.165, 1.54) is 4.90 Å². The van der Waals surface area contributed by atoms with E-state index < -0.39 is 11.3 Å². The van der Waals surface area contributed by atoms with Crippen LogP contribution in [0.4, 0.5) is 0 Å². The minimum Gasteiger partial charge on any atom is -0.370 e. The summed E-state index contributed by atoms with van der Waals surface area (Å²) in [5, 5.41) is -0.761. The molecule has 0 unspecified atom stereocenters. The Morgan fingerprint density at radius 3 is 2.87 bits per heavy atom. The third kappa shape index (κ3) is 3.21. The fourth-order valence-electron chi connectivity index (χ4n) is 3.06. The topological polar surface area (TPSA) is 72.6 Å². The van der Waals surface area contributed by atoms with E-state index in [0.717, 1.165) is 42.9 Å². The zero-order valence-electron chi connectivity index (χ0n) is 13.0. The Morgan fingerprint density at radius 1 is 1.52 bits per heavy atom. The number of halogens is 1. The van der Waals surface area contributed by atoms with Crippen molar-refractivity contribution in [2.24, 2.45) is 5.73 Å². The second kappa shape index (κ2) is 6.57. The van der Waals surface area contributed by atoms with E-state index in [1.807, 2.05) is 6.08 Å². The van der Waals surface area contributed by atoms with Gasteiger partial charge in [0.2, 0.25) is 5.91 Å². The number of hydrogen-bond donors (Lipinski definition) is 1. The number of quaternary nitrogens is 1. The minimum absolute atomic E-state index is 0.166. The van der Waals surface area contributed by atoms with Crippen molar-refractivity contribution < 1.29 is 18.8 Å². The van der Waals surface area contributed by atoms with E-state index in [2.05, 4.69) is 13.1 Å². The van der Waals surface area contributed by atoms with Gasteiger partial charge in [-0.3, -0.25) is 14.5 Å². The molecular weight excluding hydrogens is 338 g/mol. The van der Waals surface area contributed by atoms with Gasteiger partial charge in [-0.05, 0) is 23.3 Å². The standard InChI is InChI=1S/C15H21ClN3O3S/c1-19(5-7-22-8-6-19)4-2-3-10-9-23-15-11(17)14(21)18(15)12(10)13(16)20/h2-3,11,15H,4-9,17H2,1H3/q+1/t11-,15-/m1/s1. The lowest BCUT2D eigenvalue weighted by Gasteiger charge is -2.48. The molecule has 6 nitrogen and oxygen atoms in total. The average molecular weight is 359 g/mol. The summed E-state index contributed by atoms with van der Waals surface area (Å²) in [5.74, 6) is 0.406. The van der Waals surface area contributed by atoms with Crippen LogP contribution in [-0.2, 0) is 14.3 Å². The Morgan fingerprint density at radius 2 is 2.22 bits per heavy atom. The first kappa shape index (κ1) is 17.0. The molecule has 0 aliphatic carbocycles. The van der Waals surface area contributed by atoms with E-state index in [1.54, 1.807) is 11.8 Å². The Labute approximate surface area is 144 Å². The number of likely N-dealkylation sites (N-methyl/N-ethyl adjacent to an activating group) is 1. The highest BCUT2D eigenvalue weighted by atomic mass is 35.5. The Balaban J connectivity index is 1.75. The number of hydrogen-bond acceptors (Lipinski definition) is 5. The first-order valence-corrected chi connectivity index (χ1v) is 9.07. The number of ether oxygens (including phenoxy) is 1. The number of morpholine rings is 1. The second-order valence-electron chi connectivity index (χ2n) is 6.35. The van der Waals surface area contributed by atoms with Crippen LogP contribution in [0.3, 0.4) is 0 Å². The lowest BCUT2D eigenvalue weighted by Crippen LogP contribution is -2.68. The van der Waals surface area contributed by atoms with E-state index in [0.29, 0.717) is 11.4 Å². The fourth-order valence-corrected chi connectivity index (χ4v) is 4.54. The van der Waals surface area contributed by atoms with Gasteiger partial charge in [-0.25, -0.2) is 0 Å². The van der Waals surface area contributed by atoms with Crippen LogP contribution in [0.5, 0.6) is 0 Å². The predicted molar refractivity (Wildman–Crippen MR) is 89.7 cm³/mol. The third-order valence-electron chi connectivity index (χ3n) is 4.64. The maximum Gasteiger partial charge on any atom is 0.269 e. The summed E-state index contributed by atoms with van der Waals surface area (Å²) in [6.07, 6.45) is 3.99. The van der Waals surface area contributed by atoms with E-state index in [4.69, 9.17) is 22.1 Å². The summed E-state index contributed by atoms with van der Waals surface area (Å²) < 4.78 is 6.31. The van der Waals surface area contributed by atoms with Crippen LogP contribution in [0.1, 0.15) is 0 Å². The molecule has 8 heteroatoms. The molecule has 0 aromatic carbocycles. The van der Waals surface area contributed by atoms with Crippen molar-refractivity contribution in [1.82, 2.24) is 4.90 Å². The minimum atomic E-state index is -0.595. The second-order valence-corrected chi connectivity index (χ2v) is 7.80. The maximum absolute atomic E-state index is 11.9. The van der Waals surface area contributed by atoms with Gasteiger partial charge in [0, 0.05) is 5.75 Å². The van der Waals surface area contributed by atoms with Crippen LogP contribution in [-0.4, -0.2) is 77.6 Å². The monoisotopic (exact) mass is 358 g/mol. The van der Waals surface area contributed by atoms with Crippen molar-refractivity contribution >= 4 is 34.5 Å². The fraction of sp³-hybridized carbons (Fsp3) is 0.600. The van der Waals surface area contributed by atoms with Crippen molar-refractivity contribution in [3.05, 3.63) is 23.4 Å². The molecule has 0 bridgehead atoms. The lowest BCUT2D eigenvalue weighted by atomic mass is 10.0. The number of nitrogens with zero attached hydrogens (tertiary/aromatic N) is 2. The number of amides is 1. The van der Waals surface area contributed by atoms with Gasteiger partial charge in [0.15, 0.2) is 0 Å². The summed E-state index contributed by atoms with van der Waals surface area (Å²) in [6.45, 7) is 4.35. The molecule has 2 saturated heterocycles. The van der Waals surface area contributed by atoms with Gasteiger partial charge in [0.25, 0.3) is 5.24 Å². The molecule has 3 heterocycles. The maximum atomic E-state index is 11.9. The largest absolute Gasteiger partial charge is 0.370 e. The normalized spacial score (nSPS) is 30.4. The molecule has 2 atom stereocenters. The number of β-lactam (4-membered cyclic amide) rings is 1. The molecule has 2 fully saturated rings. The van der Waals surface area contributed by atoms with Crippen molar-refractivity contribution in [2.75, 3.05) is 45.6 Å². The molecule has 23 heavy (non-hydrogen) atoms.